The van der Waals surface area contributed by atoms with Gasteiger partial charge in [-0.2, -0.15) is 0 Å². The van der Waals surface area contributed by atoms with Crippen LogP contribution in [0.15, 0.2) is 12.4 Å². The number of piperazine rings is 1. The van der Waals surface area contributed by atoms with Crippen molar-refractivity contribution in [1.29, 1.82) is 0 Å². The van der Waals surface area contributed by atoms with E-state index in [2.05, 4.69) is 31.2 Å². The highest BCUT2D eigenvalue weighted by Gasteiger charge is 2.18. The molecule has 118 valence electrons. The zero-order chi connectivity index (χ0) is 14.8. The maximum Gasteiger partial charge on any atom is 0.140 e. The molecule has 22 heavy (non-hydrogen) atoms. The summed E-state index contributed by atoms with van der Waals surface area (Å²) in [6.45, 7) is 8.82. The highest BCUT2D eigenvalue weighted by Crippen LogP contribution is 2.31. The van der Waals surface area contributed by atoms with Crippen LogP contribution in [-0.2, 0) is 11.3 Å². The molecule has 7 heteroatoms. The number of anilines is 1. The van der Waals surface area contributed by atoms with E-state index in [1.165, 1.54) is 10.3 Å². The molecule has 2 aliphatic heterocycles. The Bertz CT molecular complexity index is 634. The summed E-state index contributed by atoms with van der Waals surface area (Å²) in [5.41, 5.74) is 0. The standard InChI is InChI=1S/C15H21N5OS/c1-3-19(4-2-16-1)10-12-9-13-14(17-11-18-15(13)22-12)20-5-7-21-8-6-20/h9,11,16H,1-8,10H2. The van der Waals surface area contributed by atoms with E-state index in [0.29, 0.717) is 0 Å². The molecule has 0 radical (unpaired) electrons. The van der Waals surface area contributed by atoms with Gasteiger partial charge in [-0.15, -0.1) is 11.3 Å². The van der Waals surface area contributed by atoms with Gasteiger partial charge in [-0.3, -0.25) is 4.90 Å². The quantitative estimate of drug-likeness (QED) is 0.908. The molecule has 4 rings (SSSR count). The Kier molecular flexibility index (Phi) is 4.20. The van der Waals surface area contributed by atoms with Crippen LogP contribution in [0.25, 0.3) is 10.2 Å². The summed E-state index contributed by atoms with van der Waals surface area (Å²) in [5, 5.41) is 4.59. The first-order valence-corrected chi connectivity index (χ1v) is 8.71. The van der Waals surface area contributed by atoms with Crippen molar-refractivity contribution in [3.8, 4) is 0 Å². The van der Waals surface area contributed by atoms with E-state index < -0.39 is 0 Å². The number of nitrogens with zero attached hydrogens (tertiary/aromatic N) is 4. The number of aromatic nitrogens is 2. The van der Waals surface area contributed by atoms with Gasteiger partial charge in [-0.05, 0) is 6.07 Å². The second-order valence-corrected chi connectivity index (χ2v) is 6.87. The van der Waals surface area contributed by atoms with Crippen molar-refractivity contribution in [2.45, 2.75) is 6.54 Å². The van der Waals surface area contributed by atoms with Gasteiger partial charge in [0.1, 0.15) is 17.0 Å². The lowest BCUT2D eigenvalue weighted by atomic mass is 10.3. The summed E-state index contributed by atoms with van der Waals surface area (Å²) < 4.78 is 5.44. The Balaban J connectivity index is 1.59. The topological polar surface area (TPSA) is 53.5 Å². The van der Waals surface area contributed by atoms with Crippen LogP contribution < -0.4 is 10.2 Å². The van der Waals surface area contributed by atoms with Crippen LogP contribution in [0.1, 0.15) is 4.88 Å². The zero-order valence-electron chi connectivity index (χ0n) is 12.6. The monoisotopic (exact) mass is 319 g/mol. The summed E-state index contributed by atoms with van der Waals surface area (Å²) in [6.07, 6.45) is 1.69. The largest absolute Gasteiger partial charge is 0.378 e. The van der Waals surface area contributed by atoms with Crippen LogP contribution in [0.3, 0.4) is 0 Å². The summed E-state index contributed by atoms with van der Waals surface area (Å²) in [5.74, 6) is 1.07. The molecule has 0 spiro atoms. The van der Waals surface area contributed by atoms with Gasteiger partial charge in [-0.1, -0.05) is 0 Å². The van der Waals surface area contributed by atoms with Gasteiger partial charge >= 0.3 is 0 Å². The average Bonchev–Trinajstić information content (AvgIpc) is 2.99. The van der Waals surface area contributed by atoms with Crippen LogP contribution in [0.2, 0.25) is 0 Å². The van der Waals surface area contributed by atoms with Crippen molar-refractivity contribution in [2.75, 3.05) is 57.4 Å². The fraction of sp³-hybridized carbons (Fsp3) is 0.600. The Morgan fingerprint density at radius 3 is 2.77 bits per heavy atom. The Morgan fingerprint density at radius 1 is 1.14 bits per heavy atom. The lowest BCUT2D eigenvalue weighted by molar-refractivity contribution is 0.122. The maximum atomic E-state index is 5.44. The molecule has 0 amide bonds. The second-order valence-electron chi connectivity index (χ2n) is 5.75. The Morgan fingerprint density at radius 2 is 1.95 bits per heavy atom. The summed E-state index contributed by atoms with van der Waals surface area (Å²) in [7, 11) is 0. The molecule has 1 N–H and O–H groups in total. The van der Waals surface area contributed by atoms with E-state index in [0.717, 1.165) is 69.7 Å². The maximum absolute atomic E-state index is 5.44. The number of hydrogen-bond donors (Lipinski definition) is 1. The van der Waals surface area contributed by atoms with Gasteiger partial charge in [-0.25, -0.2) is 9.97 Å². The van der Waals surface area contributed by atoms with Gasteiger partial charge in [0.15, 0.2) is 0 Å². The number of thiophene rings is 1. The number of nitrogens with one attached hydrogen (secondary N) is 1. The van der Waals surface area contributed by atoms with E-state index in [-0.39, 0.29) is 0 Å². The molecule has 2 fully saturated rings. The van der Waals surface area contributed by atoms with Crippen molar-refractivity contribution in [3.05, 3.63) is 17.3 Å². The number of morpholine rings is 1. The Labute approximate surface area is 134 Å². The summed E-state index contributed by atoms with van der Waals surface area (Å²) >= 11 is 1.80. The third kappa shape index (κ3) is 2.94. The lowest BCUT2D eigenvalue weighted by Gasteiger charge is -2.28. The fourth-order valence-corrected chi connectivity index (χ4v) is 4.12. The minimum absolute atomic E-state index is 0.781. The van der Waals surface area contributed by atoms with E-state index >= 15 is 0 Å². The minimum Gasteiger partial charge on any atom is -0.378 e. The first kappa shape index (κ1) is 14.3. The summed E-state index contributed by atoms with van der Waals surface area (Å²) in [4.78, 5) is 16.3. The van der Waals surface area contributed by atoms with Crippen molar-refractivity contribution >= 4 is 27.4 Å². The molecule has 0 unspecified atom stereocenters. The predicted octanol–water partition coefficient (Wildman–Crippen LogP) is 0.933. The molecule has 0 saturated carbocycles. The number of ether oxygens (including phenoxy) is 1. The third-order valence-electron chi connectivity index (χ3n) is 4.26. The first-order chi connectivity index (χ1) is 10.9. The Hall–Kier alpha value is -1.28. The summed E-state index contributed by atoms with van der Waals surface area (Å²) in [6, 6.07) is 2.28. The van der Waals surface area contributed by atoms with Crippen LogP contribution in [-0.4, -0.2) is 67.4 Å². The van der Waals surface area contributed by atoms with E-state index in [1.54, 1.807) is 17.7 Å². The van der Waals surface area contributed by atoms with E-state index in [9.17, 15) is 0 Å². The first-order valence-electron chi connectivity index (χ1n) is 7.89. The molecule has 2 aromatic rings. The SMILES string of the molecule is c1nc(N2CCOCC2)c2cc(CN3CCNCC3)sc2n1. The number of fused-ring (bicyclic) bond motifs is 1. The third-order valence-corrected chi connectivity index (χ3v) is 5.29. The normalized spacial score (nSPS) is 20.6. The van der Waals surface area contributed by atoms with Crippen LogP contribution in [0.5, 0.6) is 0 Å². The molecular weight excluding hydrogens is 298 g/mol. The van der Waals surface area contributed by atoms with Crippen molar-refractivity contribution in [3.63, 3.8) is 0 Å². The van der Waals surface area contributed by atoms with E-state index in [1.807, 2.05) is 0 Å². The molecule has 2 saturated heterocycles. The average molecular weight is 319 g/mol. The number of hydrogen-bond acceptors (Lipinski definition) is 7. The van der Waals surface area contributed by atoms with Crippen molar-refractivity contribution in [2.24, 2.45) is 0 Å². The van der Waals surface area contributed by atoms with Crippen LogP contribution >= 0.6 is 11.3 Å². The molecule has 4 heterocycles. The zero-order valence-corrected chi connectivity index (χ0v) is 13.4. The van der Waals surface area contributed by atoms with Crippen LogP contribution in [0, 0.1) is 0 Å². The molecule has 0 aliphatic carbocycles. The predicted molar refractivity (Wildman–Crippen MR) is 88.6 cm³/mol. The second kappa shape index (κ2) is 6.45. The molecule has 0 atom stereocenters. The highest BCUT2D eigenvalue weighted by molar-refractivity contribution is 7.18. The van der Waals surface area contributed by atoms with E-state index in [4.69, 9.17) is 4.74 Å². The molecule has 2 aliphatic rings. The fourth-order valence-electron chi connectivity index (χ4n) is 3.09. The molecular formula is C15H21N5OS. The van der Waals surface area contributed by atoms with Crippen LogP contribution in [0.4, 0.5) is 5.82 Å². The molecule has 0 bridgehead atoms. The van der Waals surface area contributed by atoms with Gasteiger partial charge in [0, 0.05) is 50.7 Å². The number of rotatable bonds is 3. The van der Waals surface area contributed by atoms with Gasteiger partial charge in [0.25, 0.3) is 0 Å². The molecule has 0 aromatic carbocycles. The smallest absolute Gasteiger partial charge is 0.140 e. The minimum atomic E-state index is 0.781. The lowest BCUT2D eigenvalue weighted by Crippen LogP contribution is -2.42. The highest BCUT2D eigenvalue weighted by atomic mass is 32.1. The van der Waals surface area contributed by atoms with Gasteiger partial charge in [0.05, 0.1) is 18.6 Å². The van der Waals surface area contributed by atoms with Crippen molar-refractivity contribution < 1.29 is 4.74 Å². The van der Waals surface area contributed by atoms with Gasteiger partial charge < -0.3 is 15.0 Å². The van der Waals surface area contributed by atoms with Gasteiger partial charge in [0.2, 0.25) is 0 Å². The van der Waals surface area contributed by atoms with Crippen molar-refractivity contribution in [1.82, 2.24) is 20.2 Å². The molecule has 2 aromatic heterocycles. The molecule has 6 nitrogen and oxygen atoms in total.